The lowest BCUT2D eigenvalue weighted by Crippen LogP contribution is -2.51. The van der Waals surface area contributed by atoms with E-state index in [0.717, 1.165) is 12.1 Å². The maximum absolute atomic E-state index is 12.6. The van der Waals surface area contributed by atoms with E-state index in [-0.39, 0.29) is 18.1 Å². The number of nitrogens with zero attached hydrogens (tertiary/aromatic N) is 2. The lowest BCUT2D eigenvalue weighted by atomic mass is 10.1. The molecule has 0 radical (unpaired) electrons. The van der Waals surface area contributed by atoms with Gasteiger partial charge in [0.15, 0.2) is 35.4 Å². The van der Waals surface area contributed by atoms with Crippen LogP contribution in [-0.2, 0) is 4.79 Å². The van der Waals surface area contributed by atoms with Gasteiger partial charge >= 0.3 is 0 Å². The van der Waals surface area contributed by atoms with E-state index in [1.54, 1.807) is 29.2 Å². The summed E-state index contributed by atoms with van der Waals surface area (Å²) in [6.07, 6.45) is 0. The molecular weight excluding hydrogens is 380 g/mol. The van der Waals surface area contributed by atoms with Gasteiger partial charge in [0.2, 0.25) is 0 Å². The van der Waals surface area contributed by atoms with E-state index in [1.807, 2.05) is 0 Å². The van der Waals surface area contributed by atoms with E-state index < -0.39 is 23.2 Å². The van der Waals surface area contributed by atoms with Crippen molar-refractivity contribution in [2.24, 2.45) is 0 Å². The van der Waals surface area contributed by atoms with E-state index in [9.17, 15) is 24.9 Å². The van der Waals surface area contributed by atoms with Crippen molar-refractivity contribution in [3.8, 4) is 28.7 Å². The molecule has 0 aromatic heterocycles. The van der Waals surface area contributed by atoms with Crippen LogP contribution in [0.4, 0.5) is 0 Å². The molecule has 154 valence electrons. The highest BCUT2D eigenvalue weighted by atomic mass is 16.5. The van der Waals surface area contributed by atoms with Gasteiger partial charge in [0, 0.05) is 31.7 Å². The number of amides is 2. The molecule has 0 spiro atoms. The summed E-state index contributed by atoms with van der Waals surface area (Å²) in [5.74, 6) is -1.42. The minimum absolute atomic E-state index is 0.0529. The number of para-hydroxylation sites is 2. The second-order valence-electron chi connectivity index (χ2n) is 6.48. The number of methoxy groups -OCH3 is 1. The zero-order chi connectivity index (χ0) is 21.0. The van der Waals surface area contributed by atoms with E-state index in [1.165, 1.54) is 12.0 Å². The van der Waals surface area contributed by atoms with Gasteiger partial charge in [-0.15, -0.1) is 0 Å². The van der Waals surface area contributed by atoms with Crippen LogP contribution >= 0.6 is 0 Å². The summed E-state index contributed by atoms with van der Waals surface area (Å²) >= 11 is 0. The van der Waals surface area contributed by atoms with Crippen LogP contribution in [0, 0.1) is 0 Å². The van der Waals surface area contributed by atoms with E-state index in [2.05, 4.69) is 0 Å². The van der Waals surface area contributed by atoms with Crippen LogP contribution in [0.3, 0.4) is 0 Å². The molecule has 0 bridgehead atoms. The van der Waals surface area contributed by atoms with Crippen molar-refractivity contribution in [1.29, 1.82) is 0 Å². The maximum atomic E-state index is 12.6. The number of carbonyl (C=O) groups excluding carboxylic acids is 2. The second-order valence-corrected chi connectivity index (χ2v) is 6.48. The minimum Gasteiger partial charge on any atom is -0.504 e. The third-order valence-electron chi connectivity index (χ3n) is 4.66. The normalized spacial score (nSPS) is 13.8. The average Bonchev–Trinajstić information content (AvgIpc) is 2.75. The standard InChI is InChI=1S/C20H22N2O7/c1-28-16-4-2-3-5-17(16)29-12-18(25)21-6-8-22(9-7-21)20(27)13-10-14(23)19(26)15(24)11-13/h2-5,10-11,23-24,26H,6-9,12H2,1H3. The molecular formula is C20H22N2O7. The van der Waals surface area contributed by atoms with Crippen molar-refractivity contribution < 1.29 is 34.4 Å². The Balaban J connectivity index is 1.54. The molecule has 3 N–H and O–H groups in total. The molecule has 0 unspecified atom stereocenters. The van der Waals surface area contributed by atoms with Crippen LogP contribution < -0.4 is 9.47 Å². The Morgan fingerprint density at radius 1 is 0.931 bits per heavy atom. The molecule has 29 heavy (non-hydrogen) atoms. The molecule has 2 amide bonds. The summed E-state index contributed by atoms with van der Waals surface area (Å²) in [4.78, 5) is 28.1. The number of aromatic hydroxyl groups is 3. The topological polar surface area (TPSA) is 120 Å². The number of phenols is 3. The van der Waals surface area contributed by atoms with Gasteiger partial charge in [0.05, 0.1) is 7.11 Å². The minimum atomic E-state index is -0.674. The average molecular weight is 402 g/mol. The van der Waals surface area contributed by atoms with E-state index >= 15 is 0 Å². The van der Waals surface area contributed by atoms with Crippen LogP contribution in [0.15, 0.2) is 36.4 Å². The van der Waals surface area contributed by atoms with Gasteiger partial charge in [-0.1, -0.05) is 12.1 Å². The monoisotopic (exact) mass is 402 g/mol. The number of hydrogen-bond acceptors (Lipinski definition) is 7. The highest BCUT2D eigenvalue weighted by Gasteiger charge is 2.26. The van der Waals surface area contributed by atoms with Crippen molar-refractivity contribution in [2.45, 2.75) is 0 Å². The molecule has 9 heteroatoms. The molecule has 0 saturated carbocycles. The maximum Gasteiger partial charge on any atom is 0.260 e. The first-order chi connectivity index (χ1) is 13.9. The van der Waals surface area contributed by atoms with Crippen molar-refractivity contribution in [3.05, 3.63) is 42.0 Å². The molecule has 2 aromatic rings. The molecule has 1 fully saturated rings. The third-order valence-corrected chi connectivity index (χ3v) is 4.66. The first-order valence-electron chi connectivity index (χ1n) is 8.98. The van der Waals surface area contributed by atoms with Gasteiger partial charge in [-0.3, -0.25) is 9.59 Å². The molecule has 1 aliphatic rings. The van der Waals surface area contributed by atoms with Crippen LogP contribution in [0.1, 0.15) is 10.4 Å². The molecule has 2 aromatic carbocycles. The zero-order valence-electron chi connectivity index (χ0n) is 15.9. The summed E-state index contributed by atoms with van der Waals surface area (Å²) in [7, 11) is 1.52. The van der Waals surface area contributed by atoms with Gasteiger partial charge in [-0.05, 0) is 24.3 Å². The highest BCUT2D eigenvalue weighted by Crippen LogP contribution is 2.35. The second kappa shape index (κ2) is 8.59. The number of hydrogen-bond donors (Lipinski definition) is 3. The summed E-state index contributed by atoms with van der Waals surface area (Å²) in [6.45, 7) is 1.10. The number of carbonyl (C=O) groups is 2. The number of rotatable bonds is 5. The Morgan fingerprint density at radius 3 is 2.07 bits per heavy atom. The van der Waals surface area contributed by atoms with Gasteiger partial charge in [0.1, 0.15) is 0 Å². The molecule has 3 rings (SSSR count). The molecule has 1 aliphatic heterocycles. The fourth-order valence-corrected chi connectivity index (χ4v) is 3.04. The van der Waals surface area contributed by atoms with Gasteiger partial charge in [-0.2, -0.15) is 0 Å². The number of ether oxygens (including phenoxy) is 2. The van der Waals surface area contributed by atoms with E-state index in [4.69, 9.17) is 9.47 Å². The Bertz CT molecular complexity index is 884. The predicted molar refractivity (Wildman–Crippen MR) is 102 cm³/mol. The number of benzene rings is 2. The fourth-order valence-electron chi connectivity index (χ4n) is 3.04. The SMILES string of the molecule is COc1ccccc1OCC(=O)N1CCN(C(=O)c2cc(O)c(O)c(O)c2)CC1. The van der Waals surface area contributed by atoms with Crippen LogP contribution in [0.25, 0.3) is 0 Å². The molecule has 9 nitrogen and oxygen atoms in total. The van der Waals surface area contributed by atoms with Crippen LogP contribution in [0.2, 0.25) is 0 Å². The van der Waals surface area contributed by atoms with Crippen LogP contribution in [-0.4, -0.2) is 76.8 Å². The Hall–Kier alpha value is -3.62. The summed E-state index contributed by atoms with van der Waals surface area (Å²) < 4.78 is 10.7. The first kappa shape index (κ1) is 20.1. The lowest BCUT2D eigenvalue weighted by molar-refractivity contribution is -0.134. The summed E-state index contributed by atoms with van der Waals surface area (Å²) in [5, 5.41) is 28.5. The third kappa shape index (κ3) is 4.45. The Labute approximate surface area is 167 Å². The molecule has 0 aliphatic carbocycles. The Morgan fingerprint density at radius 2 is 1.48 bits per heavy atom. The van der Waals surface area contributed by atoms with E-state index in [0.29, 0.717) is 37.7 Å². The molecule has 1 heterocycles. The predicted octanol–water partition coefficient (Wildman–Crippen LogP) is 1.18. The van der Waals surface area contributed by atoms with Crippen molar-refractivity contribution in [3.63, 3.8) is 0 Å². The smallest absolute Gasteiger partial charge is 0.260 e. The summed E-state index contributed by atoms with van der Waals surface area (Å²) in [5.41, 5.74) is 0.0529. The molecule has 0 atom stereocenters. The van der Waals surface area contributed by atoms with Crippen molar-refractivity contribution in [1.82, 2.24) is 9.80 Å². The van der Waals surface area contributed by atoms with Gasteiger partial charge in [-0.25, -0.2) is 0 Å². The number of piperazine rings is 1. The fraction of sp³-hybridized carbons (Fsp3) is 0.300. The molecule has 1 saturated heterocycles. The van der Waals surface area contributed by atoms with Crippen LogP contribution in [0.5, 0.6) is 28.7 Å². The first-order valence-corrected chi connectivity index (χ1v) is 8.98. The van der Waals surface area contributed by atoms with Gasteiger partial charge in [0.25, 0.3) is 11.8 Å². The Kier molecular flexibility index (Phi) is 5.96. The summed E-state index contributed by atoms with van der Waals surface area (Å²) in [6, 6.07) is 9.23. The largest absolute Gasteiger partial charge is 0.504 e. The lowest BCUT2D eigenvalue weighted by Gasteiger charge is -2.34. The highest BCUT2D eigenvalue weighted by molar-refractivity contribution is 5.95. The van der Waals surface area contributed by atoms with Gasteiger partial charge < -0.3 is 34.6 Å². The number of phenolic OH excluding ortho intramolecular Hbond substituents is 3. The quantitative estimate of drug-likeness (QED) is 0.642. The zero-order valence-corrected chi connectivity index (χ0v) is 15.9. The van der Waals surface area contributed by atoms with Crippen molar-refractivity contribution in [2.75, 3.05) is 39.9 Å². The van der Waals surface area contributed by atoms with Crippen molar-refractivity contribution >= 4 is 11.8 Å².